The van der Waals surface area contributed by atoms with Crippen molar-refractivity contribution < 1.29 is 19.7 Å². The lowest BCUT2D eigenvalue weighted by molar-refractivity contribution is -0.0435. The van der Waals surface area contributed by atoms with Crippen molar-refractivity contribution in [2.75, 3.05) is 13.2 Å². The molecule has 4 heteroatoms. The van der Waals surface area contributed by atoms with E-state index in [9.17, 15) is 5.11 Å². The zero-order valence-electron chi connectivity index (χ0n) is 69.2. The van der Waals surface area contributed by atoms with Gasteiger partial charge in [0, 0.05) is 13.2 Å². The maximum Gasteiger partial charge on any atom is 0.0598 e. The number of aliphatic hydroxyl groups excluding tert-OH is 2. The second-order valence-corrected chi connectivity index (χ2v) is 39.0. The zero-order chi connectivity index (χ0) is 70.9. The van der Waals surface area contributed by atoms with Crippen molar-refractivity contribution >= 4 is 0 Å². The van der Waals surface area contributed by atoms with E-state index in [1.54, 1.807) is 25.7 Å². The highest BCUT2D eigenvalue weighted by Gasteiger charge is 2.48. The van der Waals surface area contributed by atoms with Crippen LogP contribution in [0.5, 0.6) is 0 Å². The van der Waals surface area contributed by atoms with Crippen LogP contribution in [-0.4, -0.2) is 47.8 Å². The summed E-state index contributed by atoms with van der Waals surface area (Å²) in [6, 6.07) is 0. The third-order valence-corrected chi connectivity index (χ3v) is 27.1. The van der Waals surface area contributed by atoms with Crippen molar-refractivity contribution in [1.29, 1.82) is 0 Å². The molecule has 0 amide bonds. The Morgan fingerprint density at radius 2 is 0.612 bits per heavy atom. The third kappa shape index (κ3) is 38.9. The maximum atomic E-state index is 9.54. The molecule has 0 aromatic heterocycles. The van der Waals surface area contributed by atoms with Gasteiger partial charge in [-0.1, -0.05) is 319 Å². The second kappa shape index (κ2) is 53.6. The first-order valence-electron chi connectivity index (χ1n) is 42.7. The smallest absolute Gasteiger partial charge is 0.0598 e. The normalized spacial score (nSPS) is 30.4. The molecule has 2 N–H and O–H groups in total. The highest BCUT2D eigenvalue weighted by molar-refractivity contribution is 4.99. The van der Waals surface area contributed by atoms with E-state index in [4.69, 9.17) is 14.6 Å². The minimum absolute atomic E-state index is 0. The van der Waals surface area contributed by atoms with Gasteiger partial charge in [-0.25, -0.2) is 0 Å². The molecule has 2 heterocycles. The van der Waals surface area contributed by atoms with Gasteiger partial charge in [0.1, 0.15) is 0 Å². The van der Waals surface area contributed by atoms with E-state index in [1.165, 1.54) is 186 Å². The molecule has 11 rings (SSSR count). The van der Waals surface area contributed by atoms with E-state index in [2.05, 4.69) is 180 Å². The van der Waals surface area contributed by atoms with Crippen LogP contribution in [-0.2, 0) is 9.47 Å². The van der Waals surface area contributed by atoms with Crippen molar-refractivity contribution in [3.05, 3.63) is 0 Å². The molecule has 8 unspecified atom stereocenters. The van der Waals surface area contributed by atoms with Gasteiger partial charge in [0.25, 0.3) is 0 Å². The van der Waals surface area contributed by atoms with Crippen molar-refractivity contribution in [3.63, 3.8) is 0 Å². The Balaban J connectivity index is -0.00000102. The number of hydrogen-bond donors (Lipinski definition) is 2. The summed E-state index contributed by atoms with van der Waals surface area (Å²) in [6.45, 7) is 62.6. The molecular formula is C94H194O4. The average Bonchev–Trinajstić information content (AvgIpc) is 0.958. The van der Waals surface area contributed by atoms with Gasteiger partial charge in [0.2, 0.25) is 0 Å². The Labute approximate surface area is 623 Å². The van der Waals surface area contributed by atoms with E-state index < -0.39 is 0 Å². The van der Waals surface area contributed by atoms with Crippen molar-refractivity contribution in [3.8, 4) is 0 Å². The molecule has 98 heavy (non-hydrogen) atoms. The fraction of sp³-hybridized carbons (Fsp3) is 1.00. The molecule has 594 valence electrons. The van der Waals surface area contributed by atoms with Crippen LogP contribution in [0.1, 0.15) is 434 Å². The fourth-order valence-electron chi connectivity index (χ4n) is 19.9. The largest absolute Gasteiger partial charge is 0.393 e. The van der Waals surface area contributed by atoms with Crippen LogP contribution in [0.15, 0.2) is 0 Å². The SMILES string of the molecule is C.C.C.C.CC(C)C1CC2(CCC2)C1.CC(C)C1CCCCC1.CC(C)C1CCCCC1(C)C.CC(C)C1CCCCC1(C)C.CC(C)C1CCCC[C@@H]1C.CC(C)C1CCCC[C@@H]1O.CC(C)C1CCCO1.CC(C)C1CCCO1.CC(C)C1CCC[C@@H]1C.CC(C)C1CC[C@@H]1O. The monoisotopic (exact) mass is 1390 g/mol. The molecule has 2 aliphatic heterocycles. The summed E-state index contributed by atoms with van der Waals surface area (Å²) in [6.07, 6.45) is 50.5. The molecule has 9 aliphatic carbocycles. The minimum atomic E-state index is -0.00579. The fourth-order valence-corrected chi connectivity index (χ4v) is 19.9. The standard InChI is InChI=1S/2C11H22.C10H18.C10H20.C9H18O.2C9H18.3C7H14O.4CH4/c2*1-9(2)10-7-5-6-8-11(10,3)4;1-8(2)9-6-10(7-9)4-3-5-10;1-8(2)10-7-5-4-6-9(10)3;1-7(2)8-5-3-4-6-9(8)10;1-7(2)9-6-4-5-8(9)3;1-8(2)9-6-4-3-5-7-9;2*1-6(2)7-4-3-5-8-7;1-5(2)6-3-4-7(6)8;;;;/h2*9-10H,5-8H2,1-4H3;8-9H,3-7H2,1-2H3;8-10H,4-7H2,1-3H3;7-10H,3-6H2,1-2H3;7-9H,4-6H2,1-3H3;8-9H,3-7H2,1-2H3;2*6-7H,3-5H2,1-2H3;5-8H,3-4H2,1-2H3;4*1H4/t;;;9-,10?;8?,9-;8-,9?;;;;6?,7-;;;;/m...000...0..../s1. The van der Waals surface area contributed by atoms with Crippen LogP contribution in [0.25, 0.3) is 0 Å². The van der Waals surface area contributed by atoms with Crippen molar-refractivity contribution in [1.82, 2.24) is 0 Å². The maximum absolute atomic E-state index is 9.54. The van der Waals surface area contributed by atoms with Crippen LogP contribution in [0.3, 0.4) is 0 Å². The molecule has 9 saturated carbocycles. The van der Waals surface area contributed by atoms with Crippen LogP contribution >= 0.6 is 0 Å². The first-order valence-corrected chi connectivity index (χ1v) is 42.7. The van der Waals surface area contributed by atoms with E-state index in [0.29, 0.717) is 46.7 Å². The molecular weight excluding hydrogens is 1190 g/mol. The Morgan fingerprint density at radius 1 is 0.276 bits per heavy atom. The molecule has 0 aromatic carbocycles. The Hall–Kier alpha value is -0.160. The highest BCUT2D eigenvalue weighted by Crippen LogP contribution is 2.60. The minimum Gasteiger partial charge on any atom is -0.393 e. The highest BCUT2D eigenvalue weighted by atomic mass is 16.5. The summed E-state index contributed by atoms with van der Waals surface area (Å²) < 4.78 is 10.8. The van der Waals surface area contributed by atoms with E-state index in [0.717, 1.165) is 126 Å². The number of hydrogen-bond acceptors (Lipinski definition) is 4. The summed E-state index contributed by atoms with van der Waals surface area (Å²) in [4.78, 5) is 0. The van der Waals surface area contributed by atoms with Gasteiger partial charge in [-0.2, -0.15) is 0 Å². The van der Waals surface area contributed by atoms with Crippen molar-refractivity contribution in [2.45, 2.75) is 459 Å². The molecule has 11 fully saturated rings. The van der Waals surface area contributed by atoms with Gasteiger partial charge in [-0.05, 0) is 250 Å². The molecule has 0 aromatic rings. The Kier molecular flexibility index (Phi) is 55.8. The summed E-state index contributed by atoms with van der Waals surface area (Å²) in [5, 5.41) is 18.6. The van der Waals surface area contributed by atoms with Crippen LogP contribution < -0.4 is 0 Å². The van der Waals surface area contributed by atoms with E-state index in [-0.39, 0.29) is 41.9 Å². The van der Waals surface area contributed by atoms with Gasteiger partial charge in [-0.3, -0.25) is 0 Å². The van der Waals surface area contributed by atoms with Crippen LogP contribution in [0.4, 0.5) is 0 Å². The van der Waals surface area contributed by atoms with Gasteiger partial charge >= 0.3 is 0 Å². The van der Waals surface area contributed by atoms with Gasteiger partial charge < -0.3 is 19.7 Å². The lowest BCUT2D eigenvalue weighted by Gasteiger charge is -2.55. The van der Waals surface area contributed by atoms with E-state index in [1.807, 2.05) is 0 Å². The third-order valence-electron chi connectivity index (χ3n) is 27.1. The molecule has 0 radical (unpaired) electrons. The number of rotatable bonds is 10. The zero-order valence-corrected chi connectivity index (χ0v) is 69.2. The molecule has 0 bridgehead atoms. The number of ether oxygens (including phenoxy) is 2. The molecule has 1 spiro atoms. The van der Waals surface area contributed by atoms with Crippen LogP contribution in [0, 0.1) is 135 Å². The summed E-state index contributed by atoms with van der Waals surface area (Å²) in [5.41, 5.74) is 2.13. The summed E-state index contributed by atoms with van der Waals surface area (Å²) >= 11 is 0. The Morgan fingerprint density at radius 3 is 0.827 bits per heavy atom. The van der Waals surface area contributed by atoms with Gasteiger partial charge in [0.15, 0.2) is 0 Å². The van der Waals surface area contributed by atoms with Crippen LogP contribution in [0.2, 0.25) is 0 Å². The number of aliphatic hydroxyl groups is 2. The van der Waals surface area contributed by atoms with Gasteiger partial charge in [0.05, 0.1) is 24.4 Å². The lowest BCUT2D eigenvalue weighted by Crippen LogP contribution is -2.44. The molecule has 12 atom stereocenters. The predicted octanol–water partition coefficient (Wildman–Crippen LogP) is 30.5. The molecule has 11 aliphatic rings. The topological polar surface area (TPSA) is 58.9 Å². The quantitative estimate of drug-likeness (QED) is 0.229. The lowest BCUT2D eigenvalue weighted by atomic mass is 9.50. The predicted molar refractivity (Wildman–Crippen MR) is 445 cm³/mol. The average molecular weight is 1390 g/mol. The molecule has 2 saturated heterocycles. The first kappa shape index (κ1) is 102. The summed E-state index contributed by atoms with van der Waals surface area (Å²) in [7, 11) is 0. The van der Waals surface area contributed by atoms with Gasteiger partial charge in [-0.15, -0.1) is 0 Å². The second-order valence-electron chi connectivity index (χ2n) is 39.0. The Bertz CT molecular complexity index is 1680. The summed E-state index contributed by atoms with van der Waals surface area (Å²) in [5.74, 6) is 17.6. The first-order chi connectivity index (χ1) is 44.1. The molecule has 4 nitrogen and oxygen atoms in total. The van der Waals surface area contributed by atoms with Crippen molar-refractivity contribution in [2.24, 2.45) is 135 Å². The van der Waals surface area contributed by atoms with E-state index >= 15 is 0 Å².